The molecule has 0 atom stereocenters. The van der Waals surface area contributed by atoms with Crippen molar-refractivity contribution in [3.8, 4) is 0 Å². The first-order valence-electron chi connectivity index (χ1n) is 4.09. The summed E-state index contributed by atoms with van der Waals surface area (Å²) in [6.07, 6.45) is 2.21. The molecule has 2 nitrogen and oxygen atoms in total. The quantitative estimate of drug-likeness (QED) is 0.602. The second-order valence-electron chi connectivity index (χ2n) is 3.66. The molecule has 0 fully saturated rings. The van der Waals surface area contributed by atoms with E-state index in [1.54, 1.807) is 0 Å². The summed E-state index contributed by atoms with van der Waals surface area (Å²) >= 11 is 0. The normalized spacial score (nSPS) is 11.4. The van der Waals surface area contributed by atoms with E-state index in [-0.39, 0.29) is 5.54 Å². The summed E-state index contributed by atoms with van der Waals surface area (Å²) in [5, 5.41) is 3.34. The van der Waals surface area contributed by atoms with Gasteiger partial charge in [-0.1, -0.05) is 11.6 Å². The van der Waals surface area contributed by atoms with Gasteiger partial charge in [0.2, 0.25) is 0 Å². The van der Waals surface area contributed by atoms with Crippen LogP contribution in [0.15, 0.2) is 11.6 Å². The minimum Gasteiger partial charge on any atom is -0.329 e. The topological polar surface area (TPSA) is 38.0 Å². The van der Waals surface area contributed by atoms with Crippen molar-refractivity contribution in [1.29, 1.82) is 0 Å². The molecule has 2 heteroatoms. The summed E-state index contributed by atoms with van der Waals surface area (Å²) < 4.78 is 0. The first-order valence-corrected chi connectivity index (χ1v) is 4.09. The fraction of sp³-hybridized carbons (Fsp3) is 0.778. The SMILES string of the molecule is CC(C)=CC(C)(C)NCCN. The Morgan fingerprint density at radius 3 is 2.36 bits per heavy atom. The largest absolute Gasteiger partial charge is 0.329 e. The van der Waals surface area contributed by atoms with E-state index >= 15 is 0 Å². The molecule has 0 heterocycles. The average Bonchev–Trinajstić information content (AvgIpc) is 1.81. The molecule has 11 heavy (non-hydrogen) atoms. The van der Waals surface area contributed by atoms with Crippen LogP contribution in [0, 0.1) is 0 Å². The summed E-state index contributed by atoms with van der Waals surface area (Å²) in [5.74, 6) is 0. The third-order valence-corrected chi connectivity index (χ3v) is 1.37. The third-order valence-electron chi connectivity index (χ3n) is 1.37. The molecular weight excluding hydrogens is 136 g/mol. The number of hydrogen-bond acceptors (Lipinski definition) is 2. The lowest BCUT2D eigenvalue weighted by Gasteiger charge is -2.22. The van der Waals surface area contributed by atoms with Gasteiger partial charge in [-0.25, -0.2) is 0 Å². The Morgan fingerprint density at radius 1 is 1.45 bits per heavy atom. The van der Waals surface area contributed by atoms with Crippen molar-refractivity contribution < 1.29 is 0 Å². The van der Waals surface area contributed by atoms with Gasteiger partial charge < -0.3 is 11.1 Å². The Labute approximate surface area is 69.9 Å². The number of nitrogens with one attached hydrogen (secondary N) is 1. The molecule has 0 aliphatic rings. The summed E-state index contributed by atoms with van der Waals surface area (Å²) in [6.45, 7) is 10.1. The predicted molar refractivity (Wildman–Crippen MR) is 50.6 cm³/mol. The Morgan fingerprint density at radius 2 is 2.00 bits per heavy atom. The van der Waals surface area contributed by atoms with Crippen LogP contribution < -0.4 is 11.1 Å². The van der Waals surface area contributed by atoms with E-state index in [4.69, 9.17) is 5.73 Å². The van der Waals surface area contributed by atoms with E-state index in [0.29, 0.717) is 6.54 Å². The third kappa shape index (κ3) is 6.07. The van der Waals surface area contributed by atoms with Crippen LogP contribution in [0.4, 0.5) is 0 Å². The highest BCUT2D eigenvalue weighted by Gasteiger charge is 2.11. The minimum absolute atomic E-state index is 0.0816. The van der Waals surface area contributed by atoms with Gasteiger partial charge in [0.1, 0.15) is 0 Å². The lowest BCUT2D eigenvalue weighted by Crippen LogP contribution is -2.40. The van der Waals surface area contributed by atoms with Crippen molar-refractivity contribution in [1.82, 2.24) is 5.32 Å². The van der Waals surface area contributed by atoms with Crippen LogP contribution in [-0.4, -0.2) is 18.6 Å². The van der Waals surface area contributed by atoms with Gasteiger partial charge in [-0.05, 0) is 27.7 Å². The number of nitrogens with two attached hydrogens (primary N) is 1. The summed E-state index contributed by atoms with van der Waals surface area (Å²) in [4.78, 5) is 0. The van der Waals surface area contributed by atoms with Crippen LogP contribution in [0.25, 0.3) is 0 Å². The van der Waals surface area contributed by atoms with Crippen LogP contribution in [-0.2, 0) is 0 Å². The standard InChI is InChI=1S/C9H20N2/c1-8(2)7-9(3,4)11-6-5-10/h7,11H,5-6,10H2,1-4H3. The molecule has 0 aliphatic carbocycles. The number of allylic oxidation sites excluding steroid dienone is 1. The van der Waals surface area contributed by atoms with E-state index in [1.807, 2.05) is 0 Å². The fourth-order valence-corrected chi connectivity index (χ4v) is 1.17. The second kappa shape index (κ2) is 4.52. The summed E-state index contributed by atoms with van der Waals surface area (Å²) in [6, 6.07) is 0. The summed E-state index contributed by atoms with van der Waals surface area (Å²) in [7, 11) is 0. The highest BCUT2D eigenvalue weighted by molar-refractivity contribution is 5.06. The maximum absolute atomic E-state index is 5.38. The summed E-state index contributed by atoms with van der Waals surface area (Å²) in [5.41, 5.74) is 6.80. The molecular formula is C9H20N2. The highest BCUT2D eigenvalue weighted by atomic mass is 15.0. The maximum Gasteiger partial charge on any atom is 0.0310 e. The van der Waals surface area contributed by atoms with Gasteiger partial charge in [0, 0.05) is 18.6 Å². The monoisotopic (exact) mass is 156 g/mol. The lowest BCUT2D eigenvalue weighted by atomic mass is 10.0. The predicted octanol–water partition coefficient (Wildman–Crippen LogP) is 1.28. The van der Waals surface area contributed by atoms with Gasteiger partial charge in [0.25, 0.3) is 0 Å². The van der Waals surface area contributed by atoms with Crippen molar-refractivity contribution in [3.63, 3.8) is 0 Å². The van der Waals surface area contributed by atoms with Gasteiger partial charge in [0.15, 0.2) is 0 Å². The van der Waals surface area contributed by atoms with Gasteiger partial charge in [-0.15, -0.1) is 0 Å². The van der Waals surface area contributed by atoms with Crippen molar-refractivity contribution in [2.24, 2.45) is 5.73 Å². The zero-order valence-corrected chi connectivity index (χ0v) is 8.07. The minimum atomic E-state index is 0.0816. The van der Waals surface area contributed by atoms with E-state index in [0.717, 1.165) is 6.54 Å². The van der Waals surface area contributed by atoms with E-state index in [2.05, 4.69) is 39.1 Å². The van der Waals surface area contributed by atoms with E-state index in [9.17, 15) is 0 Å². The van der Waals surface area contributed by atoms with Gasteiger partial charge >= 0.3 is 0 Å². The van der Waals surface area contributed by atoms with Gasteiger partial charge in [0.05, 0.1) is 0 Å². The maximum atomic E-state index is 5.38. The molecule has 0 aromatic carbocycles. The molecule has 0 saturated heterocycles. The smallest absolute Gasteiger partial charge is 0.0310 e. The molecule has 66 valence electrons. The Hall–Kier alpha value is -0.340. The zero-order valence-electron chi connectivity index (χ0n) is 8.07. The molecule has 0 aromatic rings. The van der Waals surface area contributed by atoms with Crippen molar-refractivity contribution >= 4 is 0 Å². The Balaban J connectivity index is 3.90. The number of hydrogen-bond donors (Lipinski definition) is 2. The molecule has 0 spiro atoms. The van der Waals surface area contributed by atoms with Crippen molar-refractivity contribution in [2.45, 2.75) is 33.2 Å². The van der Waals surface area contributed by atoms with Gasteiger partial charge in [-0.2, -0.15) is 0 Å². The molecule has 0 rings (SSSR count). The van der Waals surface area contributed by atoms with Crippen LogP contribution in [0.1, 0.15) is 27.7 Å². The van der Waals surface area contributed by atoms with Crippen molar-refractivity contribution in [2.75, 3.05) is 13.1 Å². The molecule has 0 aromatic heterocycles. The molecule has 0 radical (unpaired) electrons. The molecule has 0 saturated carbocycles. The van der Waals surface area contributed by atoms with Crippen LogP contribution in [0.2, 0.25) is 0 Å². The molecule has 0 unspecified atom stereocenters. The van der Waals surface area contributed by atoms with Gasteiger partial charge in [-0.3, -0.25) is 0 Å². The second-order valence-corrected chi connectivity index (χ2v) is 3.66. The lowest BCUT2D eigenvalue weighted by molar-refractivity contribution is 0.480. The zero-order chi connectivity index (χ0) is 8.91. The number of rotatable bonds is 4. The van der Waals surface area contributed by atoms with Crippen LogP contribution in [0.3, 0.4) is 0 Å². The van der Waals surface area contributed by atoms with E-state index < -0.39 is 0 Å². The molecule has 3 N–H and O–H groups in total. The van der Waals surface area contributed by atoms with Crippen LogP contribution >= 0.6 is 0 Å². The molecule has 0 bridgehead atoms. The molecule has 0 amide bonds. The molecule has 0 aliphatic heterocycles. The Bertz CT molecular complexity index is 132. The average molecular weight is 156 g/mol. The first-order chi connectivity index (χ1) is 4.98. The van der Waals surface area contributed by atoms with Crippen molar-refractivity contribution in [3.05, 3.63) is 11.6 Å². The highest BCUT2D eigenvalue weighted by Crippen LogP contribution is 2.06. The van der Waals surface area contributed by atoms with Crippen LogP contribution in [0.5, 0.6) is 0 Å². The Kier molecular flexibility index (Phi) is 4.38. The first kappa shape index (κ1) is 10.7. The van der Waals surface area contributed by atoms with E-state index in [1.165, 1.54) is 5.57 Å². The fourth-order valence-electron chi connectivity index (χ4n) is 1.17.